The quantitative estimate of drug-likeness (QED) is 0.500. The highest BCUT2D eigenvalue weighted by Crippen LogP contribution is 2.38. The first-order valence-corrected chi connectivity index (χ1v) is 14.2. The van der Waals surface area contributed by atoms with Crippen LogP contribution in [0.1, 0.15) is 51.7 Å². The van der Waals surface area contributed by atoms with Crippen LogP contribution in [0.5, 0.6) is 0 Å². The Morgan fingerprint density at radius 1 is 1.05 bits per heavy atom. The summed E-state index contributed by atoms with van der Waals surface area (Å²) < 4.78 is 14.9. The van der Waals surface area contributed by atoms with E-state index in [1.165, 1.54) is 13.0 Å². The van der Waals surface area contributed by atoms with E-state index < -0.39 is 12.0 Å². The first-order chi connectivity index (χ1) is 19.4. The molecule has 0 unspecified atom stereocenters. The molecule has 2 heterocycles. The molecule has 2 fully saturated rings. The van der Waals surface area contributed by atoms with Crippen LogP contribution in [0.25, 0.3) is 4.85 Å². The second kappa shape index (κ2) is 13.7. The number of benzene rings is 2. The van der Waals surface area contributed by atoms with Crippen LogP contribution in [0.3, 0.4) is 0 Å². The van der Waals surface area contributed by atoms with E-state index in [1.54, 1.807) is 35.2 Å². The smallest absolute Gasteiger partial charge is 0.245 e. The summed E-state index contributed by atoms with van der Waals surface area (Å²) in [4.78, 5) is 49.0. The fourth-order valence-corrected chi connectivity index (χ4v) is 6.07. The van der Waals surface area contributed by atoms with Crippen molar-refractivity contribution in [2.24, 2.45) is 5.92 Å². The van der Waals surface area contributed by atoms with E-state index in [0.717, 1.165) is 0 Å². The van der Waals surface area contributed by atoms with Gasteiger partial charge in [-0.3, -0.25) is 19.3 Å². The maximum Gasteiger partial charge on any atom is 0.245 e. The molecule has 0 aliphatic carbocycles. The van der Waals surface area contributed by atoms with Gasteiger partial charge in [0.2, 0.25) is 17.7 Å². The third-order valence-corrected chi connectivity index (χ3v) is 8.32. The minimum absolute atomic E-state index is 0. The van der Waals surface area contributed by atoms with Crippen molar-refractivity contribution in [3.63, 3.8) is 0 Å². The minimum atomic E-state index is -0.814. The van der Waals surface area contributed by atoms with E-state index in [4.69, 9.17) is 6.57 Å². The SMILES string of the molecule is Cl.[C-]#[N+]c1ccccc1C[C@H](NC(C)=O)C(=O)N1CCN(C(=O)[C@@H]2CN(C(C)(C)C)C[C@H]2c2ccccc2F)[C@@H](C)C1. The molecule has 8 nitrogen and oxygen atoms in total. The number of nitrogens with one attached hydrogen (secondary N) is 1. The van der Waals surface area contributed by atoms with Gasteiger partial charge in [-0.1, -0.05) is 42.5 Å². The van der Waals surface area contributed by atoms with Gasteiger partial charge in [0.25, 0.3) is 0 Å². The van der Waals surface area contributed by atoms with Gasteiger partial charge < -0.3 is 15.1 Å². The Balaban J connectivity index is 0.00000484. The van der Waals surface area contributed by atoms with Gasteiger partial charge in [0.15, 0.2) is 5.69 Å². The number of nitrogens with zero attached hydrogens (tertiary/aromatic N) is 4. The first-order valence-electron chi connectivity index (χ1n) is 14.2. The van der Waals surface area contributed by atoms with Crippen LogP contribution in [0, 0.1) is 18.3 Å². The van der Waals surface area contributed by atoms with E-state index in [9.17, 15) is 18.8 Å². The Morgan fingerprint density at radius 2 is 1.71 bits per heavy atom. The van der Waals surface area contributed by atoms with Crippen molar-refractivity contribution in [3.8, 4) is 0 Å². The Morgan fingerprint density at radius 3 is 2.33 bits per heavy atom. The number of amides is 3. The van der Waals surface area contributed by atoms with Crippen molar-refractivity contribution in [2.75, 3.05) is 32.7 Å². The summed E-state index contributed by atoms with van der Waals surface area (Å²) in [5.74, 6) is -1.53. The molecule has 2 aromatic rings. The van der Waals surface area contributed by atoms with Gasteiger partial charge in [-0.05, 0) is 51.3 Å². The van der Waals surface area contributed by atoms with Crippen LogP contribution < -0.4 is 5.32 Å². The number of halogens is 2. The molecule has 10 heteroatoms. The maximum atomic E-state index is 14.9. The number of hydrogen-bond acceptors (Lipinski definition) is 4. The fraction of sp³-hybridized carbons (Fsp3) is 0.500. The lowest BCUT2D eigenvalue weighted by molar-refractivity contribution is -0.146. The van der Waals surface area contributed by atoms with Crippen molar-refractivity contribution >= 4 is 35.8 Å². The van der Waals surface area contributed by atoms with Crippen LogP contribution in [-0.2, 0) is 20.8 Å². The molecule has 42 heavy (non-hydrogen) atoms. The monoisotopic (exact) mass is 597 g/mol. The summed E-state index contributed by atoms with van der Waals surface area (Å²) in [7, 11) is 0. The molecular weight excluding hydrogens is 557 g/mol. The highest BCUT2D eigenvalue weighted by Gasteiger charge is 2.46. The molecule has 2 aromatic carbocycles. The molecule has 0 bridgehead atoms. The van der Waals surface area contributed by atoms with Crippen LogP contribution in [-0.4, -0.2) is 82.8 Å². The molecule has 4 rings (SSSR count). The third-order valence-electron chi connectivity index (χ3n) is 8.32. The topological polar surface area (TPSA) is 77.3 Å². The van der Waals surface area contributed by atoms with Gasteiger partial charge >= 0.3 is 0 Å². The van der Waals surface area contributed by atoms with Gasteiger partial charge in [0.1, 0.15) is 11.9 Å². The zero-order chi connectivity index (χ0) is 29.9. The van der Waals surface area contributed by atoms with Crippen molar-refractivity contribution in [1.82, 2.24) is 20.0 Å². The first kappa shape index (κ1) is 33.0. The molecular formula is C32H41ClFN5O3. The van der Waals surface area contributed by atoms with Crippen molar-refractivity contribution in [2.45, 2.75) is 64.6 Å². The van der Waals surface area contributed by atoms with Gasteiger partial charge in [0, 0.05) is 57.1 Å². The number of carbonyl (C=O) groups excluding carboxylic acids is 3. The molecule has 4 atom stereocenters. The molecule has 2 saturated heterocycles. The second-order valence-corrected chi connectivity index (χ2v) is 12.2. The third kappa shape index (κ3) is 7.29. The van der Waals surface area contributed by atoms with Gasteiger partial charge in [-0.2, -0.15) is 0 Å². The van der Waals surface area contributed by atoms with E-state index in [-0.39, 0.29) is 59.9 Å². The van der Waals surface area contributed by atoms with Crippen LogP contribution >= 0.6 is 12.4 Å². The summed E-state index contributed by atoms with van der Waals surface area (Å²) in [5, 5.41) is 2.76. The average molecular weight is 598 g/mol. The molecule has 0 saturated carbocycles. The van der Waals surface area contributed by atoms with Gasteiger partial charge in [0.05, 0.1) is 12.5 Å². The van der Waals surface area contributed by atoms with Crippen LogP contribution in [0.2, 0.25) is 0 Å². The predicted molar refractivity (Wildman–Crippen MR) is 163 cm³/mol. The summed E-state index contributed by atoms with van der Waals surface area (Å²) >= 11 is 0. The number of hydrogen-bond donors (Lipinski definition) is 1. The number of carbonyl (C=O) groups is 3. The molecule has 226 valence electrons. The second-order valence-electron chi connectivity index (χ2n) is 12.2. The minimum Gasteiger partial charge on any atom is -0.344 e. The van der Waals surface area contributed by atoms with Crippen molar-refractivity contribution < 1.29 is 18.8 Å². The molecule has 0 radical (unpaired) electrons. The number of piperazine rings is 1. The van der Waals surface area contributed by atoms with E-state index >= 15 is 0 Å². The molecule has 0 aromatic heterocycles. The summed E-state index contributed by atoms with van der Waals surface area (Å²) in [6.07, 6.45) is 0.208. The average Bonchev–Trinajstić information content (AvgIpc) is 3.38. The Labute approximate surface area is 254 Å². The predicted octanol–water partition coefficient (Wildman–Crippen LogP) is 4.42. The lowest BCUT2D eigenvalue weighted by Crippen LogP contribution is -2.60. The highest BCUT2D eigenvalue weighted by molar-refractivity contribution is 5.88. The lowest BCUT2D eigenvalue weighted by atomic mass is 9.87. The largest absolute Gasteiger partial charge is 0.344 e. The molecule has 1 N–H and O–H groups in total. The van der Waals surface area contributed by atoms with E-state index in [0.29, 0.717) is 49.5 Å². The zero-order valence-corrected chi connectivity index (χ0v) is 25.8. The standard InChI is InChI=1S/C32H40FN5O3.ClH/c1-21-18-36(31(41)29(35-22(2)39)17-23-11-7-10-14-28(23)34-6)15-16-38(21)30(40)26-20-37(32(3,4)5)19-25(26)24-12-8-9-13-27(24)33;/h7-14,21,25-26,29H,15-20H2,1-5H3,(H,35,39);1H/t21-,25-,26+,29-;/m0./s1. The Kier molecular flexibility index (Phi) is 10.7. The van der Waals surface area contributed by atoms with Crippen molar-refractivity contribution in [1.29, 1.82) is 0 Å². The molecule has 2 aliphatic heterocycles. The van der Waals surface area contributed by atoms with Gasteiger partial charge in [-0.15, -0.1) is 12.4 Å². The zero-order valence-electron chi connectivity index (χ0n) is 25.0. The molecule has 0 spiro atoms. The normalized spacial score (nSPS) is 21.7. The Hall–Kier alpha value is -3.48. The lowest BCUT2D eigenvalue weighted by Gasteiger charge is -2.42. The van der Waals surface area contributed by atoms with Gasteiger partial charge in [-0.25, -0.2) is 9.24 Å². The number of para-hydroxylation sites is 1. The molecule has 3 amide bonds. The number of likely N-dealkylation sites (tertiary alicyclic amines) is 1. The van der Waals surface area contributed by atoms with Crippen molar-refractivity contribution in [3.05, 3.63) is 76.9 Å². The molecule has 2 aliphatic rings. The summed E-state index contributed by atoms with van der Waals surface area (Å²) in [5.41, 5.74) is 1.54. The van der Waals surface area contributed by atoms with Crippen LogP contribution in [0.15, 0.2) is 48.5 Å². The highest BCUT2D eigenvalue weighted by atomic mass is 35.5. The summed E-state index contributed by atoms with van der Waals surface area (Å²) in [6, 6.07) is 12.7. The Bertz CT molecular complexity index is 1340. The maximum absolute atomic E-state index is 14.9. The summed E-state index contributed by atoms with van der Waals surface area (Å²) in [6.45, 7) is 19.2. The number of rotatable bonds is 6. The van der Waals surface area contributed by atoms with Crippen LogP contribution in [0.4, 0.5) is 10.1 Å². The van der Waals surface area contributed by atoms with E-state index in [2.05, 4.69) is 35.8 Å². The van der Waals surface area contributed by atoms with E-state index in [1.807, 2.05) is 24.0 Å². The fourth-order valence-electron chi connectivity index (χ4n) is 6.07.